The van der Waals surface area contributed by atoms with Crippen LogP contribution in [0, 0.1) is 5.92 Å². The van der Waals surface area contributed by atoms with E-state index in [1.807, 2.05) is 6.07 Å². The minimum atomic E-state index is -4.26. The Labute approximate surface area is 122 Å². The number of alkyl halides is 3. The van der Waals surface area contributed by atoms with E-state index in [1.54, 1.807) is 18.5 Å². The lowest BCUT2D eigenvalue weighted by Gasteiger charge is -2.36. The van der Waals surface area contributed by atoms with Gasteiger partial charge in [-0.3, -0.25) is 9.78 Å². The predicted octanol–water partition coefficient (Wildman–Crippen LogP) is 3.20. The first-order chi connectivity index (χ1) is 9.73. The molecule has 21 heavy (non-hydrogen) atoms. The summed E-state index contributed by atoms with van der Waals surface area (Å²) in [4.78, 5) is 17.6. The topological polar surface area (TPSA) is 33.2 Å². The molecule has 3 nitrogen and oxygen atoms in total. The van der Waals surface area contributed by atoms with Crippen molar-refractivity contribution in [3.8, 4) is 0 Å². The molecule has 0 saturated carbocycles. The molecule has 0 N–H and O–H groups in total. The maximum Gasteiger partial charge on any atom is 0.394 e. The van der Waals surface area contributed by atoms with E-state index >= 15 is 0 Å². The summed E-state index contributed by atoms with van der Waals surface area (Å²) in [5.74, 6) is -1.68. The molecule has 1 unspecified atom stereocenters. The SMILES string of the molecule is CC1(C)C(C(F)(F)F)CCN1C(=O)CCc1cccnc1. The van der Waals surface area contributed by atoms with E-state index < -0.39 is 17.6 Å². The van der Waals surface area contributed by atoms with Crippen LogP contribution in [0.3, 0.4) is 0 Å². The molecule has 116 valence electrons. The van der Waals surface area contributed by atoms with E-state index in [1.165, 1.54) is 18.7 Å². The number of likely N-dealkylation sites (tertiary alicyclic amines) is 1. The summed E-state index contributed by atoms with van der Waals surface area (Å²) in [6, 6.07) is 3.63. The first-order valence-electron chi connectivity index (χ1n) is 6.99. The van der Waals surface area contributed by atoms with E-state index in [4.69, 9.17) is 0 Å². The highest BCUT2D eigenvalue weighted by Crippen LogP contribution is 2.44. The van der Waals surface area contributed by atoms with Crippen molar-refractivity contribution in [2.24, 2.45) is 5.92 Å². The van der Waals surface area contributed by atoms with Crippen molar-refractivity contribution in [2.45, 2.75) is 44.8 Å². The number of halogens is 3. The fourth-order valence-electron chi connectivity index (χ4n) is 3.03. The molecule has 1 saturated heterocycles. The molecule has 0 aromatic carbocycles. The number of hydrogen-bond acceptors (Lipinski definition) is 2. The van der Waals surface area contributed by atoms with Gasteiger partial charge in [-0.15, -0.1) is 0 Å². The molecule has 1 aliphatic rings. The zero-order valence-electron chi connectivity index (χ0n) is 12.2. The third kappa shape index (κ3) is 3.36. The highest BCUT2D eigenvalue weighted by Gasteiger charge is 2.55. The Hall–Kier alpha value is -1.59. The lowest BCUT2D eigenvalue weighted by Crippen LogP contribution is -2.49. The van der Waals surface area contributed by atoms with Crippen LogP contribution in [0.15, 0.2) is 24.5 Å². The molecule has 1 aromatic heterocycles. The Morgan fingerprint density at radius 1 is 1.48 bits per heavy atom. The van der Waals surface area contributed by atoms with E-state index in [2.05, 4.69) is 4.98 Å². The summed E-state index contributed by atoms with van der Waals surface area (Å²) in [7, 11) is 0. The number of rotatable bonds is 3. The number of amides is 1. The van der Waals surface area contributed by atoms with Crippen molar-refractivity contribution < 1.29 is 18.0 Å². The monoisotopic (exact) mass is 300 g/mol. The van der Waals surface area contributed by atoms with Crippen LogP contribution in [0.1, 0.15) is 32.3 Å². The van der Waals surface area contributed by atoms with Crippen molar-refractivity contribution in [1.29, 1.82) is 0 Å². The summed E-state index contributed by atoms with van der Waals surface area (Å²) in [6.07, 6.45) is -0.267. The van der Waals surface area contributed by atoms with Crippen molar-refractivity contribution in [2.75, 3.05) is 6.54 Å². The lowest BCUT2D eigenvalue weighted by molar-refractivity contribution is -0.192. The van der Waals surface area contributed by atoms with Crippen molar-refractivity contribution in [1.82, 2.24) is 9.88 Å². The van der Waals surface area contributed by atoms with E-state index in [0.717, 1.165) is 5.56 Å². The average Bonchev–Trinajstić information content (AvgIpc) is 2.72. The van der Waals surface area contributed by atoms with E-state index in [-0.39, 0.29) is 25.3 Å². The van der Waals surface area contributed by atoms with Crippen molar-refractivity contribution >= 4 is 5.91 Å². The normalized spacial score (nSPS) is 21.6. The average molecular weight is 300 g/mol. The number of carbonyl (C=O) groups is 1. The number of aryl methyl sites for hydroxylation is 1. The standard InChI is InChI=1S/C15H19F3N2O/c1-14(2)12(15(16,17)18)7-9-20(14)13(21)6-5-11-4-3-8-19-10-11/h3-4,8,10,12H,5-7,9H2,1-2H3. The van der Waals surface area contributed by atoms with E-state index in [0.29, 0.717) is 6.42 Å². The second kappa shape index (κ2) is 5.66. The second-order valence-electron chi connectivity index (χ2n) is 5.94. The molecular formula is C15H19F3N2O. The van der Waals surface area contributed by atoms with Gasteiger partial charge in [0.2, 0.25) is 5.91 Å². The van der Waals surface area contributed by atoms with Gasteiger partial charge in [-0.25, -0.2) is 0 Å². The molecule has 1 atom stereocenters. The van der Waals surface area contributed by atoms with Crippen LogP contribution in [0.2, 0.25) is 0 Å². The van der Waals surface area contributed by atoms with Gasteiger partial charge in [0, 0.05) is 30.9 Å². The smallest absolute Gasteiger partial charge is 0.337 e. The van der Waals surface area contributed by atoms with Gasteiger partial charge in [0.1, 0.15) is 0 Å². The molecule has 0 radical (unpaired) electrons. The molecule has 1 aliphatic heterocycles. The summed E-state index contributed by atoms with van der Waals surface area (Å²) in [6.45, 7) is 3.17. The van der Waals surface area contributed by atoms with Gasteiger partial charge in [0.05, 0.1) is 5.92 Å². The summed E-state index contributed by atoms with van der Waals surface area (Å²) >= 11 is 0. The molecular weight excluding hydrogens is 281 g/mol. The predicted molar refractivity (Wildman–Crippen MR) is 72.5 cm³/mol. The molecule has 6 heteroatoms. The minimum absolute atomic E-state index is 0.0187. The minimum Gasteiger partial charge on any atom is -0.337 e. The van der Waals surface area contributed by atoms with Gasteiger partial charge in [0.25, 0.3) is 0 Å². The Bertz CT molecular complexity index is 499. The number of aromatic nitrogens is 1. The van der Waals surface area contributed by atoms with Gasteiger partial charge in [0.15, 0.2) is 0 Å². The highest BCUT2D eigenvalue weighted by atomic mass is 19.4. The maximum absolute atomic E-state index is 13.0. The molecule has 0 aliphatic carbocycles. The van der Waals surface area contributed by atoms with Crippen LogP contribution in [-0.2, 0) is 11.2 Å². The fraction of sp³-hybridized carbons (Fsp3) is 0.600. The van der Waals surface area contributed by atoms with Crippen LogP contribution in [-0.4, -0.2) is 34.1 Å². The van der Waals surface area contributed by atoms with Gasteiger partial charge in [-0.05, 0) is 38.3 Å². The maximum atomic E-state index is 13.0. The third-order valence-corrected chi connectivity index (χ3v) is 4.24. The molecule has 2 heterocycles. The van der Waals surface area contributed by atoms with Crippen molar-refractivity contribution in [3.05, 3.63) is 30.1 Å². The summed E-state index contributed by atoms with van der Waals surface area (Å²) in [5, 5.41) is 0. The van der Waals surface area contributed by atoms with Gasteiger partial charge in [-0.1, -0.05) is 6.07 Å². The third-order valence-electron chi connectivity index (χ3n) is 4.24. The zero-order chi connectivity index (χ0) is 15.7. The molecule has 0 spiro atoms. The number of carbonyl (C=O) groups excluding carboxylic acids is 1. The Morgan fingerprint density at radius 3 is 2.71 bits per heavy atom. The van der Waals surface area contributed by atoms with Crippen LogP contribution < -0.4 is 0 Å². The van der Waals surface area contributed by atoms with Crippen LogP contribution in [0.4, 0.5) is 13.2 Å². The van der Waals surface area contributed by atoms with Crippen molar-refractivity contribution in [3.63, 3.8) is 0 Å². The fourth-order valence-corrected chi connectivity index (χ4v) is 3.03. The van der Waals surface area contributed by atoms with Gasteiger partial charge >= 0.3 is 6.18 Å². The first kappa shape index (κ1) is 15.8. The van der Waals surface area contributed by atoms with Gasteiger partial charge in [-0.2, -0.15) is 13.2 Å². The number of hydrogen-bond donors (Lipinski definition) is 0. The zero-order valence-corrected chi connectivity index (χ0v) is 12.2. The Kier molecular flexibility index (Phi) is 4.25. The second-order valence-corrected chi connectivity index (χ2v) is 5.94. The van der Waals surface area contributed by atoms with Gasteiger partial charge < -0.3 is 4.90 Å². The summed E-state index contributed by atoms with van der Waals surface area (Å²) < 4.78 is 39.0. The largest absolute Gasteiger partial charge is 0.394 e. The van der Waals surface area contributed by atoms with E-state index in [9.17, 15) is 18.0 Å². The molecule has 1 amide bonds. The number of nitrogens with zero attached hydrogens (tertiary/aromatic N) is 2. The first-order valence-corrected chi connectivity index (χ1v) is 6.99. The quantitative estimate of drug-likeness (QED) is 0.859. The van der Waals surface area contributed by atoms with Crippen LogP contribution in [0.25, 0.3) is 0 Å². The Morgan fingerprint density at radius 2 is 2.19 bits per heavy atom. The van der Waals surface area contributed by atoms with Crippen LogP contribution in [0.5, 0.6) is 0 Å². The molecule has 1 aromatic rings. The molecule has 1 fully saturated rings. The number of pyridine rings is 1. The van der Waals surface area contributed by atoms with Crippen LogP contribution >= 0.6 is 0 Å². The molecule has 2 rings (SSSR count). The lowest BCUT2D eigenvalue weighted by atomic mass is 9.87. The summed E-state index contributed by atoms with van der Waals surface area (Å²) in [5.41, 5.74) is -0.264. The Balaban J connectivity index is 2.00. The molecule has 0 bridgehead atoms. The highest BCUT2D eigenvalue weighted by molar-refractivity contribution is 5.77.